The SMILES string of the molecule is NCC#Cc1csc(CN2CCC3CCCCC32)c1. The molecule has 2 fully saturated rings. The highest BCUT2D eigenvalue weighted by Gasteiger charge is 2.35. The maximum atomic E-state index is 5.41. The van der Waals surface area contributed by atoms with Crippen LogP contribution >= 0.6 is 11.3 Å². The second-order valence-electron chi connectivity index (χ2n) is 5.68. The third-order valence-corrected chi connectivity index (χ3v) is 5.39. The van der Waals surface area contributed by atoms with Crippen LogP contribution in [0.1, 0.15) is 42.5 Å². The normalized spacial score (nSPS) is 26.8. The second-order valence-corrected chi connectivity index (χ2v) is 6.67. The van der Waals surface area contributed by atoms with Gasteiger partial charge < -0.3 is 5.73 Å². The van der Waals surface area contributed by atoms with Crippen molar-refractivity contribution in [2.24, 2.45) is 11.7 Å². The summed E-state index contributed by atoms with van der Waals surface area (Å²) in [6, 6.07) is 3.10. The zero-order valence-corrected chi connectivity index (χ0v) is 12.2. The van der Waals surface area contributed by atoms with E-state index < -0.39 is 0 Å². The van der Waals surface area contributed by atoms with Crippen molar-refractivity contribution < 1.29 is 0 Å². The lowest BCUT2D eigenvalue weighted by molar-refractivity contribution is 0.177. The third-order valence-electron chi connectivity index (χ3n) is 4.47. The summed E-state index contributed by atoms with van der Waals surface area (Å²) in [6.45, 7) is 2.86. The van der Waals surface area contributed by atoms with Gasteiger partial charge in [-0.05, 0) is 37.8 Å². The molecule has 2 N–H and O–H groups in total. The molecular formula is C16H22N2S. The lowest BCUT2D eigenvalue weighted by atomic mass is 9.85. The van der Waals surface area contributed by atoms with Crippen LogP contribution in [0.5, 0.6) is 0 Å². The summed E-state index contributed by atoms with van der Waals surface area (Å²) in [5.41, 5.74) is 6.54. The first-order valence-corrected chi connectivity index (χ1v) is 8.25. The predicted molar refractivity (Wildman–Crippen MR) is 81.0 cm³/mol. The lowest BCUT2D eigenvalue weighted by Gasteiger charge is -2.31. The standard InChI is InChI=1S/C16H22N2S/c17-8-3-4-13-10-15(19-12-13)11-18-9-7-14-5-1-2-6-16(14)18/h10,12,14,16H,1-2,5-9,11,17H2. The Labute approximate surface area is 120 Å². The zero-order chi connectivity index (χ0) is 13.1. The monoisotopic (exact) mass is 274 g/mol. The third kappa shape index (κ3) is 3.02. The van der Waals surface area contributed by atoms with E-state index in [9.17, 15) is 0 Å². The topological polar surface area (TPSA) is 29.3 Å². The largest absolute Gasteiger partial charge is 0.320 e. The van der Waals surface area contributed by atoms with E-state index in [0.717, 1.165) is 24.1 Å². The molecule has 2 unspecified atom stereocenters. The fourth-order valence-corrected chi connectivity index (χ4v) is 4.42. The molecule has 0 spiro atoms. The molecular weight excluding hydrogens is 252 g/mol. The Morgan fingerprint density at radius 1 is 1.32 bits per heavy atom. The summed E-state index contributed by atoms with van der Waals surface area (Å²) in [5, 5.41) is 2.16. The molecule has 1 aliphatic carbocycles. The van der Waals surface area contributed by atoms with Crippen LogP contribution < -0.4 is 5.73 Å². The Morgan fingerprint density at radius 3 is 3.11 bits per heavy atom. The van der Waals surface area contributed by atoms with Gasteiger partial charge in [-0.1, -0.05) is 24.7 Å². The Balaban J connectivity index is 1.63. The number of likely N-dealkylation sites (tertiary alicyclic amines) is 1. The van der Waals surface area contributed by atoms with Crippen molar-refractivity contribution >= 4 is 11.3 Å². The molecule has 2 atom stereocenters. The van der Waals surface area contributed by atoms with Crippen molar-refractivity contribution in [3.63, 3.8) is 0 Å². The maximum absolute atomic E-state index is 5.41. The van der Waals surface area contributed by atoms with Gasteiger partial charge in [-0.15, -0.1) is 11.3 Å². The first-order valence-electron chi connectivity index (χ1n) is 7.37. The summed E-state index contributed by atoms with van der Waals surface area (Å²) >= 11 is 1.84. The molecule has 2 heterocycles. The number of nitrogens with zero attached hydrogens (tertiary/aromatic N) is 1. The van der Waals surface area contributed by atoms with Gasteiger partial charge in [0.25, 0.3) is 0 Å². The van der Waals surface area contributed by atoms with Gasteiger partial charge in [0.1, 0.15) is 0 Å². The van der Waals surface area contributed by atoms with E-state index in [-0.39, 0.29) is 0 Å². The zero-order valence-electron chi connectivity index (χ0n) is 11.4. The Kier molecular flexibility index (Phi) is 4.22. The summed E-state index contributed by atoms with van der Waals surface area (Å²) < 4.78 is 0. The second kappa shape index (κ2) is 6.09. The first-order chi connectivity index (χ1) is 9.36. The molecule has 0 radical (unpaired) electrons. The van der Waals surface area contributed by atoms with Crippen molar-refractivity contribution in [2.45, 2.75) is 44.7 Å². The fraction of sp³-hybridized carbons (Fsp3) is 0.625. The van der Waals surface area contributed by atoms with E-state index in [2.05, 4.69) is 28.2 Å². The summed E-state index contributed by atoms with van der Waals surface area (Å²) in [5.74, 6) is 7.03. The van der Waals surface area contributed by atoms with Crippen molar-refractivity contribution in [1.29, 1.82) is 0 Å². The molecule has 2 aliphatic rings. The maximum Gasteiger partial charge on any atom is 0.0555 e. The quantitative estimate of drug-likeness (QED) is 0.840. The van der Waals surface area contributed by atoms with Crippen LogP contribution in [0.4, 0.5) is 0 Å². The number of thiophene rings is 1. The van der Waals surface area contributed by atoms with Crippen LogP contribution in [0.15, 0.2) is 11.4 Å². The van der Waals surface area contributed by atoms with Crippen LogP contribution in [0, 0.1) is 17.8 Å². The summed E-state index contributed by atoms with van der Waals surface area (Å²) in [7, 11) is 0. The number of hydrogen-bond acceptors (Lipinski definition) is 3. The van der Waals surface area contributed by atoms with E-state index in [1.807, 2.05) is 11.3 Å². The van der Waals surface area contributed by atoms with Crippen molar-refractivity contribution in [3.8, 4) is 11.8 Å². The van der Waals surface area contributed by atoms with Gasteiger partial charge in [0.15, 0.2) is 0 Å². The van der Waals surface area contributed by atoms with Gasteiger partial charge in [0.2, 0.25) is 0 Å². The van der Waals surface area contributed by atoms with Gasteiger partial charge >= 0.3 is 0 Å². The van der Waals surface area contributed by atoms with Gasteiger partial charge in [-0.25, -0.2) is 0 Å². The van der Waals surface area contributed by atoms with E-state index >= 15 is 0 Å². The van der Waals surface area contributed by atoms with Gasteiger partial charge in [-0.2, -0.15) is 0 Å². The molecule has 102 valence electrons. The van der Waals surface area contributed by atoms with Crippen molar-refractivity contribution in [1.82, 2.24) is 4.90 Å². The average molecular weight is 274 g/mol. The van der Waals surface area contributed by atoms with E-state index in [0.29, 0.717) is 6.54 Å². The van der Waals surface area contributed by atoms with Gasteiger partial charge in [-0.3, -0.25) is 4.90 Å². The predicted octanol–water partition coefficient (Wildman–Crippen LogP) is 2.82. The Morgan fingerprint density at radius 2 is 2.21 bits per heavy atom. The van der Waals surface area contributed by atoms with Gasteiger partial charge in [0.05, 0.1) is 6.54 Å². The average Bonchev–Trinajstić information content (AvgIpc) is 3.05. The molecule has 0 bridgehead atoms. The molecule has 0 amide bonds. The fourth-order valence-electron chi connectivity index (χ4n) is 3.58. The summed E-state index contributed by atoms with van der Waals surface area (Å²) in [4.78, 5) is 4.16. The minimum Gasteiger partial charge on any atom is -0.320 e. The van der Waals surface area contributed by atoms with Crippen LogP contribution in [0.25, 0.3) is 0 Å². The van der Waals surface area contributed by atoms with E-state index in [1.165, 1.54) is 43.5 Å². The highest BCUT2D eigenvalue weighted by molar-refractivity contribution is 7.10. The number of rotatable bonds is 2. The Bertz CT molecular complexity index is 482. The smallest absolute Gasteiger partial charge is 0.0555 e. The Hall–Kier alpha value is -0.820. The van der Waals surface area contributed by atoms with Crippen molar-refractivity contribution in [3.05, 3.63) is 21.9 Å². The lowest BCUT2D eigenvalue weighted by Crippen LogP contribution is -2.33. The van der Waals surface area contributed by atoms with Crippen LogP contribution in [-0.4, -0.2) is 24.0 Å². The number of hydrogen-bond donors (Lipinski definition) is 1. The minimum absolute atomic E-state index is 0.445. The number of nitrogens with two attached hydrogens (primary N) is 1. The molecule has 3 heteroatoms. The van der Waals surface area contributed by atoms with Crippen LogP contribution in [0.2, 0.25) is 0 Å². The molecule has 1 aromatic heterocycles. The summed E-state index contributed by atoms with van der Waals surface area (Å²) in [6.07, 6.45) is 7.16. The molecule has 19 heavy (non-hydrogen) atoms. The highest BCUT2D eigenvalue weighted by Crippen LogP contribution is 2.37. The molecule has 1 saturated carbocycles. The van der Waals surface area contributed by atoms with Crippen molar-refractivity contribution in [2.75, 3.05) is 13.1 Å². The molecule has 1 aromatic rings. The van der Waals surface area contributed by atoms with E-state index in [1.54, 1.807) is 0 Å². The minimum atomic E-state index is 0.445. The molecule has 3 rings (SSSR count). The molecule has 1 aliphatic heterocycles. The molecule has 2 nitrogen and oxygen atoms in total. The molecule has 0 aromatic carbocycles. The van der Waals surface area contributed by atoms with Crippen LogP contribution in [0.3, 0.4) is 0 Å². The highest BCUT2D eigenvalue weighted by atomic mass is 32.1. The molecule has 1 saturated heterocycles. The van der Waals surface area contributed by atoms with E-state index in [4.69, 9.17) is 5.73 Å². The van der Waals surface area contributed by atoms with Gasteiger partial charge in [0, 0.05) is 28.4 Å². The first kappa shape index (κ1) is 13.2. The number of fused-ring (bicyclic) bond motifs is 1. The van der Waals surface area contributed by atoms with Crippen LogP contribution in [-0.2, 0) is 6.54 Å².